The molecule has 1 unspecified atom stereocenters. The molecule has 0 fully saturated rings. The van der Waals surface area contributed by atoms with E-state index in [-0.39, 0.29) is 11.9 Å². The van der Waals surface area contributed by atoms with Crippen LogP contribution in [-0.2, 0) is 6.42 Å². The first-order valence-corrected chi connectivity index (χ1v) is 6.95. The highest BCUT2D eigenvalue weighted by Gasteiger charge is 2.28. The summed E-state index contributed by atoms with van der Waals surface area (Å²) in [5.41, 5.74) is 8.03. The van der Waals surface area contributed by atoms with Gasteiger partial charge in [0.15, 0.2) is 5.76 Å². The molecule has 1 amide bonds. The van der Waals surface area contributed by atoms with Crippen molar-refractivity contribution in [3.8, 4) is 0 Å². The second kappa shape index (κ2) is 5.13. The minimum absolute atomic E-state index is 0.00180. The molecule has 4 heteroatoms. The van der Waals surface area contributed by atoms with Gasteiger partial charge < -0.3 is 15.1 Å². The largest absolute Gasteiger partial charge is 0.456 e. The fourth-order valence-electron chi connectivity index (χ4n) is 2.62. The molecule has 0 saturated heterocycles. The lowest BCUT2D eigenvalue weighted by atomic mass is 9.97. The van der Waals surface area contributed by atoms with Crippen LogP contribution in [0.25, 0.3) is 0 Å². The average Bonchev–Trinajstić information content (AvgIpc) is 2.96. The molecule has 2 N–H and O–H groups in total. The van der Waals surface area contributed by atoms with E-state index in [9.17, 15) is 4.79 Å². The Morgan fingerprint density at radius 3 is 2.90 bits per heavy atom. The van der Waals surface area contributed by atoms with Crippen LogP contribution in [0.4, 0.5) is 5.69 Å². The van der Waals surface area contributed by atoms with Crippen molar-refractivity contribution in [2.24, 2.45) is 5.73 Å². The van der Waals surface area contributed by atoms with Crippen molar-refractivity contribution in [3.63, 3.8) is 0 Å². The van der Waals surface area contributed by atoms with Gasteiger partial charge in [-0.15, -0.1) is 0 Å². The third kappa shape index (κ3) is 2.12. The van der Waals surface area contributed by atoms with Gasteiger partial charge in [-0.3, -0.25) is 4.79 Å². The second-order valence-electron chi connectivity index (χ2n) is 5.03. The molecule has 0 aliphatic carbocycles. The van der Waals surface area contributed by atoms with E-state index in [1.165, 1.54) is 0 Å². The molecule has 0 saturated carbocycles. The van der Waals surface area contributed by atoms with Gasteiger partial charge in [0.05, 0.1) is 0 Å². The number of para-hydroxylation sites is 1. The first-order valence-electron chi connectivity index (χ1n) is 6.95. The Morgan fingerprint density at radius 1 is 1.35 bits per heavy atom. The summed E-state index contributed by atoms with van der Waals surface area (Å²) in [4.78, 5) is 14.4. The van der Waals surface area contributed by atoms with Crippen molar-refractivity contribution in [1.29, 1.82) is 0 Å². The third-order valence-electron chi connectivity index (χ3n) is 3.76. The Labute approximate surface area is 118 Å². The van der Waals surface area contributed by atoms with Gasteiger partial charge in [0.1, 0.15) is 5.76 Å². The van der Waals surface area contributed by atoms with E-state index >= 15 is 0 Å². The van der Waals surface area contributed by atoms with Crippen molar-refractivity contribution in [3.05, 3.63) is 53.5 Å². The number of hydrogen-bond donors (Lipinski definition) is 1. The van der Waals surface area contributed by atoms with Crippen LogP contribution in [-0.4, -0.2) is 12.5 Å². The molecule has 2 heterocycles. The van der Waals surface area contributed by atoms with Gasteiger partial charge in [0, 0.05) is 24.7 Å². The zero-order valence-electron chi connectivity index (χ0n) is 11.5. The monoisotopic (exact) mass is 270 g/mol. The van der Waals surface area contributed by atoms with Gasteiger partial charge in [0.25, 0.3) is 5.91 Å². The third-order valence-corrected chi connectivity index (χ3v) is 3.76. The SMILES string of the molecule is CCc1ccc(C(=O)N2CCC(N)c3ccccc32)o1. The highest BCUT2D eigenvalue weighted by molar-refractivity contribution is 6.05. The summed E-state index contributed by atoms with van der Waals surface area (Å²) in [7, 11) is 0. The Kier molecular flexibility index (Phi) is 3.32. The molecule has 1 aliphatic heterocycles. The quantitative estimate of drug-likeness (QED) is 0.912. The lowest BCUT2D eigenvalue weighted by Crippen LogP contribution is -2.38. The van der Waals surface area contributed by atoms with E-state index in [4.69, 9.17) is 10.2 Å². The maximum Gasteiger partial charge on any atom is 0.293 e. The molecular formula is C16H18N2O2. The zero-order chi connectivity index (χ0) is 14.1. The molecule has 1 atom stereocenters. The van der Waals surface area contributed by atoms with E-state index in [1.807, 2.05) is 37.3 Å². The summed E-state index contributed by atoms with van der Waals surface area (Å²) < 4.78 is 5.57. The van der Waals surface area contributed by atoms with Crippen LogP contribution in [0.1, 0.15) is 41.3 Å². The molecule has 3 rings (SSSR count). The minimum atomic E-state index is -0.0935. The molecule has 1 aromatic carbocycles. The Bertz CT molecular complexity index is 633. The maximum atomic E-state index is 12.6. The molecule has 1 aliphatic rings. The highest BCUT2D eigenvalue weighted by Crippen LogP contribution is 2.33. The molecule has 0 bridgehead atoms. The number of fused-ring (bicyclic) bond motifs is 1. The van der Waals surface area contributed by atoms with Crippen LogP contribution < -0.4 is 10.6 Å². The Hall–Kier alpha value is -2.07. The standard InChI is InChI=1S/C16H18N2O2/c1-2-11-7-8-15(20-11)16(19)18-10-9-13(17)12-5-3-4-6-14(12)18/h3-8,13H,2,9-10,17H2,1H3. The Balaban J connectivity index is 1.95. The lowest BCUT2D eigenvalue weighted by molar-refractivity contribution is 0.0956. The maximum absolute atomic E-state index is 12.6. The van der Waals surface area contributed by atoms with Crippen LogP contribution in [0.5, 0.6) is 0 Å². The fraction of sp³-hybridized carbons (Fsp3) is 0.312. The number of carbonyl (C=O) groups is 1. The van der Waals surface area contributed by atoms with Crippen molar-refractivity contribution in [2.75, 3.05) is 11.4 Å². The van der Waals surface area contributed by atoms with Gasteiger partial charge in [0.2, 0.25) is 0 Å². The molecule has 4 nitrogen and oxygen atoms in total. The van der Waals surface area contributed by atoms with Crippen LogP contribution in [0.3, 0.4) is 0 Å². The number of furan rings is 1. The summed E-state index contributed by atoms with van der Waals surface area (Å²) >= 11 is 0. The second-order valence-corrected chi connectivity index (χ2v) is 5.03. The van der Waals surface area contributed by atoms with Crippen molar-refractivity contribution >= 4 is 11.6 Å². The number of aryl methyl sites for hydroxylation is 1. The van der Waals surface area contributed by atoms with E-state index in [2.05, 4.69) is 0 Å². The smallest absolute Gasteiger partial charge is 0.293 e. The summed E-state index contributed by atoms with van der Waals surface area (Å²) in [5, 5.41) is 0. The summed E-state index contributed by atoms with van der Waals surface area (Å²) in [6.45, 7) is 2.63. The van der Waals surface area contributed by atoms with Gasteiger partial charge >= 0.3 is 0 Å². The average molecular weight is 270 g/mol. The van der Waals surface area contributed by atoms with Crippen molar-refractivity contribution < 1.29 is 9.21 Å². The molecule has 20 heavy (non-hydrogen) atoms. The number of hydrogen-bond acceptors (Lipinski definition) is 3. The summed E-state index contributed by atoms with van der Waals surface area (Å²) in [6, 6.07) is 11.4. The Morgan fingerprint density at radius 2 is 2.15 bits per heavy atom. The number of rotatable bonds is 2. The first-order chi connectivity index (χ1) is 9.70. The van der Waals surface area contributed by atoms with Crippen LogP contribution in [0, 0.1) is 0 Å². The van der Waals surface area contributed by atoms with Crippen LogP contribution >= 0.6 is 0 Å². The van der Waals surface area contributed by atoms with Gasteiger partial charge in [-0.05, 0) is 30.2 Å². The zero-order valence-corrected chi connectivity index (χ0v) is 11.5. The normalized spacial score (nSPS) is 17.9. The molecular weight excluding hydrogens is 252 g/mol. The number of carbonyl (C=O) groups excluding carboxylic acids is 1. The molecule has 104 valence electrons. The molecule has 0 radical (unpaired) electrons. The lowest BCUT2D eigenvalue weighted by Gasteiger charge is -2.32. The number of nitrogens with two attached hydrogens (primary N) is 1. The number of nitrogens with zero attached hydrogens (tertiary/aromatic N) is 1. The summed E-state index contributed by atoms with van der Waals surface area (Å²) in [6.07, 6.45) is 1.55. The predicted molar refractivity (Wildman–Crippen MR) is 77.7 cm³/mol. The van der Waals surface area contributed by atoms with E-state index in [1.54, 1.807) is 11.0 Å². The summed E-state index contributed by atoms with van der Waals surface area (Å²) in [5.74, 6) is 1.13. The van der Waals surface area contributed by atoms with E-state index in [0.29, 0.717) is 12.3 Å². The minimum Gasteiger partial charge on any atom is -0.456 e. The van der Waals surface area contributed by atoms with Gasteiger partial charge in [-0.2, -0.15) is 0 Å². The molecule has 0 spiro atoms. The van der Waals surface area contributed by atoms with Gasteiger partial charge in [-0.1, -0.05) is 25.1 Å². The van der Waals surface area contributed by atoms with E-state index < -0.39 is 0 Å². The predicted octanol–water partition coefficient (Wildman–Crippen LogP) is 2.89. The number of anilines is 1. The van der Waals surface area contributed by atoms with Crippen LogP contribution in [0.15, 0.2) is 40.8 Å². The highest BCUT2D eigenvalue weighted by atomic mass is 16.4. The van der Waals surface area contributed by atoms with Crippen molar-refractivity contribution in [1.82, 2.24) is 0 Å². The van der Waals surface area contributed by atoms with Crippen LogP contribution in [0.2, 0.25) is 0 Å². The van der Waals surface area contributed by atoms with Gasteiger partial charge in [-0.25, -0.2) is 0 Å². The first kappa shape index (κ1) is 12.9. The van der Waals surface area contributed by atoms with E-state index in [0.717, 1.165) is 29.9 Å². The number of amides is 1. The topological polar surface area (TPSA) is 59.5 Å². The fourth-order valence-corrected chi connectivity index (χ4v) is 2.62. The molecule has 1 aromatic heterocycles. The van der Waals surface area contributed by atoms with Crippen molar-refractivity contribution in [2.45, 2.75) is 25.8 Å². The number of benzene rings is 1. The molecule has 2 aromatic rings.